The van der Waals surface area contributed by atoms with Crippen LogP contribution in [0.1, 0.15) is 56.6 Å². The molecule has 2 atom stereocenters. The number of hydrogen-bond acceptors (Lipinski definition) is 5. The van der Waals surface area contributed by atoms with Gasteiger partial charge in [-0.3, -0.25) is 4.68 Å². The number of nitrogens with zero attached hydrogens (tertiary/aromatic N) is 3. The van der Waals surface area contributed by atoms with Crippen LogP contribution < -0.4 is 5.32 Å². The van der Waals surface area contributed by atoms with Crippen molar-refractivity contribution in [1.82, 2.24) is 20.0 Å². The average Bonchev–Trinajstić information content (AvgIpc) is 2.79. The van der Waals surface area contributed by atoms with Crippen molar-refractivity contribution in [2.45, 2.75) is 64.8 Å². The van der Waals surface area contributed by atoms with Gasteiger partial charge in [-0.1, -0.05) is 0 Å². The molecule has 1 aliphatic heterocycles. The number of esters is 1. The van der Waals surface area contributed by atoms with E-state index >= 15 is 0 Å². The molecule has 0 amide bonds. The van der Waals surface area contributed by atoms with Crippen LogP contribution in [0, 0.1) is 0 Å². The Morgan fingerprint density at radius 2 is 2.13 bits per heavy atom. The van der Waals surface area contributed by atoms with E-state index in [0.29, 0.717) is 24.3 Å². The number of aryl methyl sites for hydroxylation is 1. The maximum Gasteiger partial charge on any atom is 0.359 e. The zero-order chi connectivity index (χ0) is 17.2. The predicted octanol–water partition coefficient (Wildman–Crippen LogP) is 1.95. The molecule has 1 saturated heterocycles. The fraction of sp³-hybridized carbons (Fsp3) is 0.765. The summed E-state index contributed by atoms with van der Waals surface area (Å²) in [4.78, 5) is 14.7. The van der Waals surface area contributed by atoms with Crippen LogP contribution in [0.15, 0.2) is 6.20 Å². The van der Waals surface area contributed by atoms with E-state index in [1.165, 1.54) is 0 Å². The number of aromatic nitrogens is 2. The van der Waals surface area contributed by atoms with Gasteiger partial charge in [-0.15, -0.1) is 0 Å². The van der Waals surface area contributed by atoms with E-state index in [4.69, 9.17) is 4.74 Å². The summed E-state index contributed by atoms with van der Waals surface area (Å²) < 4.78 is 7.13. The maximum absolute atomic E-state index is 12.3. The highest BCUT2D eigenvalue weighted by atomic mass is 16.6. The second-order valence-electron chi connectivity index (χ2n) is 7.61. The summed E-state index contributed by atoms with van der Waals surface area (Å²) in [6, 6.07) is 1.06. The van der Waals surface area contributed by atoms with Gasteiger partial charge in [-0.25, -0.2) is 4.79 Å². The van der Waals surface area contributed by atoms with E-state index < -0.39 is 5.60 Å². The lowest BCUT2D eigenvalue weighted by Gasteiger charge is -2.35. The number of likely N-dealkylation sites (tertiary alicyclic amines) is 1. The van der Waals surface area contributed by atoms with Crippen molar-refractivity contribution >= 4 is 5.97 Å². The molecule has 0 unspecified atom stereocenters. The first-order valence-corrected chi connectivity index (χ1v) is 8.35. The molecule has 0 spiro atoms. The highest BCUT2D eigenvalue weighted by molar-refractivity contribution is 5.89. The fourth-order valence-electron chi connectivity index (χ4n) is 2.89. The highest BCUT2D eigenvalue weighted by Gasteiger charge is 2.25. The third-order valence-electron chi connectivity index (χ3n) is 4.29. The molecule has 1 aromatic rings. The Labute approximate surface area is 139 Å². The van der Waals surface area contributed by atoms with Crippen molar-refractivity contribution in [3.05, 3.63) is 17.5 Å². The zero-order valence-electron chi connectivity index (χ0n) is 15.2. The number of nitrogens with one attached hydrogen (secondary N) is 1. The average molecular weight is 322 g/mol. The molecule has 130 valence electrons. The van der Waals surface area contributed by atoms with E-state index in [0.717, 1.165) is 24.9 Å². The first-order chi connectivity index (χ1) is 10.7. The summed E-state index contributed by atoms with van der Waals surface area (Å²) in [5, 5.41) is 7.85. The highest BCUT2D eigenvalue weighted by Crippen LogP contribution is 2.18. The standard InChI is InChI=1S/C17H30N4O2/c1-12-9-14(7-8-20(12)5)18-10-13-11-21(6)19-15(13)16(22)23-17(2,3)4/h11-12,14,18H,7-10H2,1-6H3/t12-,14+/m1/s1. The number of rotatable bonds is 4. The van der Waals surface area contributed by atoms with Crippen LogP contribution in [-0.4, -0.2) is 51.9 Å². The Hall–Kier alpha value is -1.40. The molecule has 0 radical (unpaired) electrons. The lowest BCUT2D eigenvalue weighted by atomic mass is 9.99. The topological polar surface area (TPSA) is 59.4 Å². The van der Waals surface area contributed by atoms with E-state index in [-0.39, 0.29) is 5.97 Å². The van der Waals surface area contributed by atoms with Crippen molar-refractivity contribution in [2.75, 3.05) is 13.6 Å². The van der Waals surface area contributed by atoms with Crippen LogP contribution in [0.3, 0.4) is 0 Å². The monoisotopic (exact) mass is 322 g/mol. The van der Waals surface area contributed by atoms with Crippen molar-refractivity contribution in [3.63, 3.8) is 0 Å². The van der Waals surface area contributed by atoms with Crippen LogP contribution in [0.5, 0.6) is 0 Å². The lowest BCUT2D eigenvalue weighted by molar-refractivity contribution is 0.00606. The third-order valence-corrected chi connectivity index (χ3v) is 4.29. The fourth-order valence-corrected chi connectivity index (χ4v) is 2.89. The van der Waals surface area contributed by atoms with Crippen LogP contribution in [0.2, 0.25) is 0 Å². The van der Waals surface area contributed by atoms with Gasteiger partial charge in [0.1, 0.15) is 5.60 Å². The quantitative estimate of drug-likeness (QED) is 0.859. The minimum absolute atomic E-state index is 0.355. The smallest absolute Gasteiger partial charge is 0.359 e. The minimum atomic E-state index is -0.511. The van der Waals surface area contributed by atoms with Gasteiger partial charge in [0, 0.05) is 37.4 Å². The first kappa shape index (κ1) is 17.9. The van der Waals surface area contributed by atoms with Gasteiger partial charge in [-0.05, 0) is 54.1 Å². The molecule has 1 aromatic heterocycles. The number of piperidine rings is 1. The molecule has 1 fully saturated rings. The summed E-state index contributed by atoms with van der Waals surface area (Å²) in [5.74, 6) is -0.355. The van der Waals surface area contributed by atoms with Crippen LogP contribution in [-0.2, 0) is 18.3 Å². The Morgan fingerprint density at radius 1 is 1.43 bits per heavy atom. The molecule has 6 nitrogen and oxygen atoms in total. The SMILES string of the molecule is C[C@@H]1C[C@@H](NCc2cn(C)nc2C(=O)OC(C)(C)C)CCN1C. The molecule has 2 rings (SSSR count). The van der Waals surface area contributed by atoms with Gasteiger partial charge in [0.05, 0.1) is 0 Å². The molecule has 0 aliphatic carbocycles. The summed E-state index contributed by atoms with van der Waals surface area (Å²) in [7, 11) is 4.00. The molecule has 0 bridgehead atoms. The minimum Gasteiger partial charge on any atom is -0.455 e. The zero-order valence-corrected chi connectivity index (χ0v) is 15.2. The molecule has 0 aromatic carbocycles. The van der Waals surface area contributed by atoms with Crippen molar-refractivity contribution < 1.29 is 9.53 Å². The normalized spacial score (nSPS) is 23.0. The van der Waals surface area contributed by atoms with Gasteiger partial charge in [-0.2, -0.15) is 5.10 Å². The molecule has 6 heteroatoms. The van der Waals surface area contributed by atoms with Crippen LogP contribution >= 0.6 is 0 Å². The van der Waals surface area contributed by atoms with E-state index in [2.05, 4.69) is 29.3 Å². The number of carbonyl (C=O) groups excluding carboxylic acids is 1. The summed E-state index contributed by atoms with van der Waals surface area (Å²) in [6.07, 6.45) is 4.14. The van der Waals surface area contributed by atoms with E-state index in [1.54, 1.807) is 4.68 Å². The summed E-state index contributed by atoms with van der Waals surface area (Å²) in [6.45, 7) is 9.60. The second kappa shape index (κ2) is 7.01. The van der Waals surface area contributed by atoms with Crippen LogP contribution in [0.25, 0.3) is 0 Å². The first-order valence-electron chi connectivity index (χ1n) is 8.35. The van der Waals surface area contributed by atoms with E-state index in [1.807, 2.05) is 34.0 Å². The van der Waals surface area contributed by atoms with Gasteiger partial charge in [0.25, 0.3) is 0 Å². The lowest BCUT2D eigenvalue weighted by Crippen LogP contribution is -2.45. The van der Waals surface area contributed by atoms with Gasteiger partial charge in [0.15, 0.2) is 5.69 Å². The van der Waals surface area contributed by atoms with Gasteiger partial charge >= 0.3 is 5.97 Å². The van der Waals surface area contributed by atoms with Crippen LogP contribution in [0.4, 0.5) is 0 Å². The van der Waals surface area contributed by atoms with Crippen molar-refractivity contribution in [2.24, 2.45) is 7.05 Å². The Bertz CT molecular complexity index is 547. The Kier molecular flexibility index (Phi) is 5.47. The molecule has 1 aliphatic rings. The molecule has 23 heavy (non-hydrogen) atoms. The number of hydrogen-bond donors (Lipinski definition) is 1. The van der Waals surface area contributed by atoms with Crippen molar-refractivity contribution in [1.29, 1.82) is 0 Å². The number of carbonyl (C=O) groups is 1. The molecule has 2 heterocycles. The van der Waals surface area contributed by atoms with Gasteiger partial charge < -0.3 is 15.0 Å². The molecule has 1 N–H and O–H groups in total. The molecular weight excluding hydrogens is 292 g/mol. The Morgan fingerprint density at radius 3 is 2.74 bits per heavy atom. The second-order valence-corrected chi connectivity index (χ2v) is 7.61. The molecule has 0 saturated carbocycles. The summed E-state index contributed by atoms with van der Waals surface area (Å²) >= 11 is 0. The number of ether oxygens (including phenoxy) is 1. The Balaban J connectivity index is 1.99. The van der Waals surface area contributed by atoms with E-state index in [9.17, 15) is 4.79 Å². The van der Waals surface area contributed by atoms with Gasteiger partial charge in [0.2, 0.25) is 0 Å². The predicted molar refractivity (Wildman–Crippen MR) is 90.3 cm³/mol. The largest absolute Gasteiger partial charge is 0.455 e. The third kappa shape index (κ3) is 5.04. The molecular formula is C17H30N4O2. The maximum atomic E-state index is 12.3. The summed E-state index contributed by atoms with van der Waals surface area (Å²) in [5.41, 5.74) is 0.798. The van der Waals surface area contributed by atoms with Crippen molar-refractivity contribution in [3.8, 4) is 0 Å².